The molecule has 82 valence electrons. The number of nitrogens with one attached hydrogen (secondary N) is 1. The molecule has 1 aromatic carbocycles. The monoisotopic (exact) mass is 219 g/mol. The van der Waals surface area contributed by atoms with Crippen LogP contribution in [0.1, 0.15) is 5.56 Å². The van der Waals surface area contributed by atoms with Crippen LogP contribution in [0.5, 0.6) is 0 Å². The molecule has 0 aliphatic heterocycles. The van der Waals surface area contributed by atoms with Crippen LogP contribution in [0.3, 0.4) is 0 Å². The van der Waals surface area contributed by atoms with E-state index >= 15 is 0 Å². The van der Waals surface area contributed by atoms with Crippen LogP contribution in [-0.4, -0.2) is 16.7 Å². The Labute approximate surface area is 89.7 Å². The molecule has 0 radical (unpaired) electrons. The molecule has 0 atom stereocenters. The summed E-state index contributed by atoms with van der Waals surface area (Å²) >= 11 is 0. The fraction of sp³-hybridized carbons (Fsp3) is 0.0909. The second kappa shape index (κ2) is 4.16. The van der Waals surface area contributed by atoms with E-state index in [1.807, 2.05) is 0 Å². The molecule has 0 bridgehead atoms. The average Bonchev–Trinajstić information content (AvgIpc) is 2.25. The number of aromatic amines is 1. The van der Waals surface area contributed by atoms with E-state index in [4.69, 9.17) is 5.11 Å². The third-order valence-electron chi connectivity index (χ3n) is 2.13. The van der Waals surface area contributed by atoms with Gasteiger partial charge in [-0.3, -0.25) is 4.98 Å². The number of rotatable bonds is 2. The van der Waals surface area contributed by atoms with Crippen LogP contribution < -0.4 is 11.4 Å². The van der Waals surface area contributed by atoms with Crippen LogP contribution in [0.25, 0.3) is 17.0 Å². The molecule has 0 saturated carbocycles. The van der Waals surface area contributed by atoms with Gasteiger partial charge in [0.25, 0.3) is 0 Å². The van der Waals surface area contributed by atoms with E-state index in [0.29, 0.717) is 16.5 Å². The number of hydrogen-bond donors (Lipinski definition) is 2. The first-order chi connectivity index (χ1) is 7.72. The van der Waals surface area contributed by atoms with E-state index in [1.54, 1.807) is 24.3 Å². The second-order valence-electron chi connectivity index (χ2n) is 3.16. The van der Waals surface area contributed by atoms with Crippen molar-refractivity contribution in [1.82, 2.24) is 4.98 Å². The number of aliphatic hydroxyl groups excluding tert-OH is 1. The quantitative estimate of drug-likeness (QED) is 0.769. The molecule has 5 nitrogen and oxygen atoms in total. The summed E-state index contributed by atoms with van der Waals surface area (Å²) in [6.07, 6.45) is 3.09. The number of fused-ring (bicyclic) bond motifs is 1. The van der Waals surface area contributed by atoms with Gasteiger partial charge in [-0.2, -0.15) is 0 Å². The lowest BCUT2D eigenvalue weighted by Crippen LogP contribution is -2.15. The van der Waals surface area contributed by atoms with Crippen molar-refractivity contribution in [2.24, 2.45) is 0 Å². The minimum Gasteiger partial charge on any atom is -0.392 e. The van der Waals surface area contributed by atoms with E-state index in [9.17, 15) is 9.59 Å². The number of benzene rings is 1. The van der Waals surface area contributed by atoms with Crippen LogP contribution in [-0.2, 0) is 0 Å². The summed E-state index contributed by atoms with van der Waals surface area (Å²) in [6, 6.07) is 5.02. The molecule has 0 fully saturated rings. The molecule has 0 aliphatic rings. The van der Waals surface area contributed by atoms with Crippen molar-refractivity contribution in [2.75, 3.05) is 6.61 Å². The molecular weight excluding hydrogens is 210 g/mol. The number of aromatic nitrogens is 1. The Hall–Kier alpha value is -2.14. The first-order valence-corrected chi connectivity index (χ1v) is 4.66. The highest BCUT2D eigenvalue weighted by atomic mass is 16.4. The van der Waals surface area contributed by atoms with Gasteiger partial charge in [0.1, 0.15) is 0 Å². The molecule has 0 unspecified atom stereocenters. The van der Waals surface area contributed by atoms with Crippen LogP contribution in [0, 0.1) is 0 Å². The smallest absolute Gasteiger partial charge is 0.392 e. The van der Waals surface area contributed by atoms with Gasteiger partial charge in [0, 0.05) is 0 Å². The highest BCUT2D eigenvalue weighted by molar-refractivity contribution is 5.86. The Kier molecular flexibility index (Phi) is 2.70. The van der Waals surface area contributed by atoms with E-state index in [-0.39, 0.29) is 6.61 Å². The first kappa shape index (κ1) is 10.4. The Balaban J connectivity index is 2.82. The van der Waals surface area contributed by atoms with Gasteiger partial charge >= 0.3 is 11.4 Å². The Morgan fingerprint density at radius 1 is 1.38 bits per heavy atom. The highest BCUT2D eigenvalue weighted by Crippen LogP contribution is 2.13. The molecule has 5 heteroatoms. The Morgan fingerprint density at radius 3 is 2.94 bits per heavy atom. The first-order valence-electron chi connectivity index (χ1n) is 4.66. The van der Waals surface area contributed by atoms with Gasteiger partial charge < -0.3 is 9.52 Å². The van der Waals surface area contributed by atoms with Crippen LogP contribution in [0.2, 0.25) is 0 Å². The Morgan fingerprint density at radius 2 is 2.19 bits per heavy atom. The van der Waals surface area contributed by atoms with E-state index in [1.165, 1.54) is 6.08 Å². The van der Waals surface area contributed by atoms with Crippen molar-refractivity contribution in [3.63, 3.8) is 0 Å². The summed E-state index contributed by atoms with van der Waals surface area (Å²) < 4.78 is 4.45. The SMILES string of the molecule is O=c1[nH]c2cccc(C=CCO)c2c(=O)o1. The highest BCUT2D eigenvalue weighted by Gasteiger charge is 2.05. The summed E-state index contributed by atoms with van der Waals surface area (Å²) in [6.45, 7) is -0.120. The van der Waals surface area contributed by atoms with Crippen LogP contribution in [0.15, 0.2) is 38.3 Å². The van der Waals surface area contributed by atoms with E-state index in [0.717, 1.165) is 0 Å². The fourth-order valence-corrected chi connectivity index (χ4v) is 1.49. The summed E-state index contributed by atoms with van der Waals surface area (Å²) in [5, 5.41) is 8.96. The maximum Gasteiger partial charge on any atom is 0.419 e. The standard InChI is InChI=1S/C11H9NO4/c13-6-2-4-7-3-1-5-8-9(7)10(14)16-11(15)12-8/h1-5,13H,6H2,(H,12,15). The molecule has 2 aromatic rings. The summed E-state index contributed by atoms with van der Waals surface area (Å²) in [4.78, 5) is 24.9. The lowest BCUT2D eigenvalue weighted by atomic mass is 10.1. The lowest BCUT2D eigenvalue weighted by molar-refractivity contribution is 0.343. The average molecular weight is 219 g/mol. The predicted octanol–water partition coefficient (Wildman–Crippen LogP) is 0.487. The predicted molar refractivity (Wildman–Crippen MR) is 59.2 cm³/mol. The zero-order valence-corrected chi connectivity index (χ0v) is 8.27. The molecule has 0 amide bonds. The van der Waals surface area contributed by atoms with Gasteiger partial charge in [-0.05, 0) is 11.6 Å². The van der Waals surface area contributed by atoms with Gasteiger partial charge in [0.2, 0.25) is 0 Å². The minimum absolute atomic E-state index is 0.120. The van der Waals surface area contributed by atoms with E-state index < -0.39 is 11.4 Å². The maximum atomic E-state index is 11.5. The molecule has 2 rings (SSSR count). The normalized spacial score (nSPS) is 11.3. The van der Waals surface area contributed by atoms with Crippen molar-refractivity contribution >= 4 is 17.0 Å². The molecule has 0 aliphatic carbocycles. The molecular formula is C11H9NO4. The topological polar surface area (TPSA) is 83.3 Å². The number of hydrogen-bond acceptors (Lipinski definition) is 4. The van der Waals surface area contributed by atoms with Crippen molar-refractivity contribution in [3.8, 4) is 0 Å². The van der Waals surface area contributed by atoms with Crippen molar-refractivity contribution in [1.29, 1.82) is 0 Å². The van der Waals surface area contributed by atoms with Crippen molar-refractivity contribution in [3.05, 3.63) is 50.8 Å². The van der Waals surface area contributed by atoms with Gasteiger partial charge in [-0.1, -0.05) is 24.3 Å². The molecule has 16 heavy (non-hydrogen) atoms. The zero-order valence-electron chi connectivity index (χ0n) is 8.27. The largest absolute Gasteiger partial charge is 0.419 e. The van der Waals surface area contributed by atoms with Gasteiger partial charge in [0.15, 0.2) is 0 Å². The van der Waals surface area contributed by atoms with Crippen molar-refractivity contribution in [2.45, 2.75) is 0 Å². The third kappa shape index (κ3) is 1.80. The molecule has 1 aromatic heterocycles. The summed E-state index contributed by atoms with van der Waals surface area (Å²) in [5.41, 5.74) is 0.329. The maximum absolute atomic E-state index is 11.5. The second-order valence-corrected chi connectivity index (χ2v) is 3.16. The molecule has 0 spiro atoms. The zero-order chi connectivity index (χ0) is 11.5. The van der Waals surface area contributed by atoms with Gasteiger partial charge in [0.05, 0.1) is 17.5 Å². The number of H-pyrrole nitrogens is 1. The van der Waals surface area contributed by atoms with Crippen LogP contribution >= 0.6 is 0 Å². The lowest BCUT2D eigenvalue weighted by Gasteiger charge is -1.98. The Bertz CT molecular complexity index is 651. The minimum atomic E-state index is -0.777. The number of aliphatic hydroxyl groups is 1. The molecule has 2 N–H and O–H groups in total. The van der Waals surface area contributed by atoms with Gasteiger partial charge in [-0.25, -0.2) is 9.59 Å². The van der Waals surface area contributed by atoms with Crippen molar-refractivity contribution < 1.29 is 9.52 Å². The van der Waals surface area contributed by atoms with Crippen LogP contribution in [0.4, 0.5) is 0 Å². The fourth-order valence-electron chi connectivity index (χ4n) is 1.49. The summed E-state index contributed by atoms with van der Waals surface area (Å²) in [7, 11) is 0. The molecule has 0 saturated heterocycles. The van der Waals surface area contributed by atoms with Gasteiger partial charge in [-0.15, -0.1) is 0 Å². The summed E-state index contributed by atoms with van der Waals surface area (Å²) in [5.74, 6) is -0.777. The third-order valence-corrected chi connectivity index (χ3v) is 2.13. The molecule has 1 heterocycles. The van der Waals surface area contributed by atoms with E-state index in [2.05, 4.69) is 9.40 Å².